The molecule has 0 atom stereocenters. The molecule has 2 aromatic carbocycles. The molecule has 4 rings (SSSR count). The Morgan fingerprint density at radius 1 is 1.12 bits per heavy atom. The van der Waals surface area contributed by atoms with Gasteiger partial charge in [0.25, 0.3) is 11.5 Å². The van der Waals surface area contributed by atoms with Crippen LogP contribution in [0.15, 0.2) is 58.4 Å². The molecule has 6 heteroatoms. The maximum Gasteiger partial charge on any atom is 0.292 e. The summed E-state index contributed by atoms with van der Waals surface area (Å²) in [7, 11) is 0. The largest absolute Gasteiger partial charge is 0.292 e. The van der Waals surface area contributed by atoms with Gasteiger partial charge in [-0.3, -0.25) is 9.59 Å². The molecule has 0 aliphatic heterocycles. The Bertz CT molecular complexity index is 1100. The summed E-state index contributed by atoms with van der Waals surface area (Å²) in [6, 6.07) is 15.1. The van der Waals surface area contributed by atoms with Crippen molar-refractivity contribution in [3.05, 3.63) is 75.7 Å². The second kappa shape index (κ2) is 6.55. The van der Waals surface area contributed by atoms with E-state index in [0.717, 1.165) is 24.1 Å². The van der Waals surface area contributed by atoms with Crippen LogP contribution in [0.3, 0.4) is 0 Å². The van der Waals surface area contributed by atoms with Crippen LogP contribution >= 0.6 is 0 Å². The summed E-state index contributed by atoms with van der Waals surface area (Å²) >= 11 is 0. The number of benzene rings is 2. The highest BCUT2D eigenvalue weighted by molar-refractivity contribution is 6.07. The van der Waals surface area contributed by atoms with Crippen molar-refractivity contribution in [1.29, 1.82) is 0 Å². The number of aryl methyl sites for hydroxylation is 2. The minimum atomic E-state index is -0.416. The van der Waals surface area contributed by atoms with E-state index in [-0.39, 0.29) is 11.3 Å². The predicted octanol–water partition coefficient (Wildman–Crippen LogP) is 2.50. The molecule has 1 N–H and O–H groups in total. The molecule has 1 amide bonds. The van der Waals surface area contributed by atoms with Crippen LogP contribution in [0.5, 0.6) is 0 Å². The van der Waals surface area contributed by atoms with Crippen molar-refractivity contribution >= 4 is 22.4 Å². The van der Waals surface area contributed by atoms with Gasteiger partial charge in [-0.25, -0.2) is 10.1 Å². The standard InChI is InChI=1S/C20H18N4O2/c1-2-24-20(26)16-10-6-5-9-15(16)18(23-24)19(25)22-21-17-12-11-13-7-3-4-8-14(13)17/h3-10H,2,11-12H2,1H3,(H,22,25)/b21-17+. The number of carbonyl (C=O) groups is 1. The molecule has 0 radical (unpaired) electrons. The summed E-state index contributed by atoms with van der Waals surface area (Å²) in [5.41, 5.74) is 5.80. The molecule has 0 bridgehead atoms. The molecule has 3 aromatic rings. The third-order valence-electron chi connectivity index (χ3n) is 4.63. The highest BCUT2D eigenvalue weighted by Gasteiger charge is 2.19. The van der Waals surface area contributed by atoms with Gasteiger partial charge in [0.1, 0.15) is 0 Å². The zero-order valence-electron chi connectivity index (χ0n) is 14.4. The lowest BCUT2D eigenvalue weighted by atomic mass is 10.1. The first-order valence-corrected chi connectivity index (χ1v) is 8.64. The third-order valence-corrected chi connectivity index (χ3v) is 4.63. The fourth-order valence-corrected chi connectivity index (χ4v) is 3.31. The van der Waals surface area contributed by atoms with Gasteiger partial charge in [-0.05, 0) is 31.4 Å². The van der Waals surface area contributed by atoms with E-state index in [2.05, 4.69) is 21.7 Å². The second-order valence-electron chi connectivity index (χ2n) is 6.17. The monoisotopic (exact) mass is 346 g/mol. The maximum absolute atomic E-state index is 12.7. The van der Waals surface area contributed by atoms with Crippen LogP contribution in [0.4, 0.5) is 0 Å². The van der Waals surface area contributed by atoms with Crippen molar-refractivity contribution in [3.8, 4) is 0 Å². The Balaban J connectivity index is 1.71. The van der Waals surface area contributed by atoms with Gasteiger partial charge in [0.15, 0.2) is 5.69 Å². The molecule has 130 valence electrons. The number of hydrogen-bond donors (Lipinski definition) is 1. The Morgan fingerprint density at radius 3 is 2.65 bits per heavy atom. The highest BCUT2D eigenvalue weighted by atomic mass is 16.2. The molecule has 1 aliphatic rings. The number of aromatic nitrogens is 2. The quantitative estimate of drug-likeness (QED) is 0.740. The molecule has 0 spiro atoms. The van der Waals surface area contributed by atoms with E-state index in [1.165, 1.54) is 10.2 Å². The SMILES string of the molecule is CCn1nc(C(=O)N/N=C2\CCc3ccccc32)c2ccccc2c1=O. The van der Waals surface area contributed by atoms with Crippen molar-refractivity contribution in [3.63, 3.8) is 0 Å². The highest BCUT2D eigenvalue weighted by Crippen LogP contribution is 2.21. The third kappa shape index (κ3) is 2.69. The van der Waals surface area contributed by atoms with Gasteiger partial charge in [-0.2, -0.15) is 10.2 Å². The van der Waals surface area contributed by atoms with Crippen LogP contribution in [-0.4, -0.2) is 21.4 Å². The first-order chi connectivity index (χ1) is 12.7. The fraction of sp³-hybridized carbons (Fsp3) is 0.200. The second-order valence-corrected chi connectivity index (χ2v) is 6.17. The molecule has 1 aliphatic carbocycles. The van der Waals surface area contributed by atoms with Crippen molar-refractivity contribution in [1.82, 2.24) is 15.2 Å². The number of hydrogen-bond acceptors (Lipinski definition) is 4. The average Bonchev–Trinajstić information content (AvgIpc) is 3.10. The maximum atomic E-state index is 12.7. The Morgan fingerprint density at radius 2 is 1.85 bits per heavy atom. The first-order valence-electron chi connectivity index (χ1n) is 8.64. The number of nitrogens with zero attached hydrogens (tertiary/aromatic N) is 3. The minimum Gasteiger partial charge on any atom is -0.267 e. The van der Waals surface area contributed by atoms with Crippen LogP contribution < -0.4 is 11.0 Å². The Kier molecular flexibility index (Phi) is 4.08. The van der Waals surface area contributed by atoms with E-state index in [1.807, 2.05) is 25.1 Å². The molecular weight excluding hydrogens is 328 g/mol. The number of rotatable bonds is 3. The summed E-state index contributed by atoms with van der Waals surface area (Å²) in [6.45, 7) is 2.21. The van der Waals surface area contributed by atoms with E-state index in [4.69, 9.17) is 0 Å². The zero-order chi connectivity index (χ0) is 18.1. The van der Waals surface area contributed by atoms with Crippen LogP contribution in [-0.2, 0) is 13.0 Å². The van der Waals surface area contributed by atoms with Crippen molar-refractivity contribution in [2.75, 3.05) is 0 Å². The van der Waals surface area contributed by atoms with Crippen molar-refractivity contribution in [2.24, 2.45) is 5.10 Å². The summed E-state index contributed by atoms with van der Waals surface area (Å²) < 4.78 is 1.30. The Labute approximate surface area is 150 Å². The number of carbonyl (C=O) groups excluding carboxylic acids is 1. The molecule has 0 unspecified atom stereocenters. The fourth-order valence-electron chi connectivity index (χ4n) is 3.31. The predicted molar refractivity (Wildman–Crippen MR) is 100 cm³/mol. The van der Waals surface area contributed by atoms with Gasteiger partial charge in [0.2, 0.25) is 0 Å². The molecule has 0 saturated heterocycles. The number of amides is 1. The first kappa shape index (κ1) is 16.2. The van der Waals surface area contributed by atoms with Crippen LogP contribution in [0.1, 0.15) is 35.0 Å². The van der Waals surface area contributed by atoms with Gasteiger partial charge < -0.3 is 0 Å². The number of nitrogens with one attached hydrogen (secondary N) is 1. The smallest absolute Gasteiger partial charge is 0.267 e. The van der Waals surface area contributed by atoms with Gasteiger partial charge >= 0.3 is 0 Å². The van der Waals surface area contributed by atoms with Gasteiger partial charge in [0.05, 0.1) is 11.1 Å². The van der Waals surface area contributed by atoms with Gasteiger partial charge in [0, 0.05) is 17.5 Å². The van der Waals surface area contributed by atoms with E-state index in [1.54, 1.807) is 24.3 Å². The molecule has 6 nitrogen and oxygen atoms in total. The van der Waals surface area contributed by atoms with Crippen LogP contribution in [0.2, 0.25) is 0 Å². The summed E-state index contributed by atoms with van der Waals surface area (Å²) in [5, 5.41) is 9.56. The summed E-state index contributed by atoms with van der Waals surface area (Å²) in [5.74, 6) is -0.416. The molecular formula is C20H18N4O2. The number of hydrazone groups is 1. The molecule has 26 heavy (non-hydrogen) atoms. The van der Waals surface area contributed by atoms with Crippen LogP contribution in [0, 0.1) is 0 Å². The molecule has 1 aromatic heterocycles. The normalized spacial score (nSPS) is 14.6. The molecule has 0 saturated carbocycles. The summed E-state index contributed by atoms with van der Waals surface area (Å²) in [4.78, 5) is 25.1. The topological polar surface area (TPSA) is 76.3 Å². The van der Waals surface area contributed by atoms with Gasteiger partial charge in [-0.1, -0.05) is 42.5 Å². The molecule has 0 fully saturated rings. The lowest BCUT2D eigenvalue weighted by Gasteiger charge is -2.08. The van der Waals surface area contributed by atoms with E-state index < -0.39 is 5.91 Å². The van der Waals surface area contributed by atoms with Crippen molar-refractivity contribution < 1.29 is 4.79 Å². The zero-order valence-corrected chi connectivity index (χ0v) is 14.4. The van der Waals surface area contributed by atoms with E-state index in [9.17, 15) is 9.59 Å². The minimum absolute atomic E-state index is 0.198. The average molecular weight is 346 g/mol. The van der Waals surface area contributed by atoms with E-state index in [0.29, 0.717) is 17.3 Å². The summed E-state index contributed by atoms with van der Waals surface area (Å²) in [6.07, 6.45) is 1.72. The lowest BCUT2D eigenvalue weighted by molar-refractivity contribution is 0.0949. The Hall–Kier alpha value is -3.28. The number of fused-ring (bicyclic) bond motifs is 2. The van der Waals surface area contributed by atoms with Crippen molar-refractivity contribution in [2.45, 2.75) is 26.3 Å². The lowest BCUT2D eigenvalue weighted by Crippen LogP contribution is -2.29. The molecule has 1 heterocycles. The van der Waals surface area contributed by atoms with E-state index >= 15 is 0 Å². The van der Waals surface area contributed by atoms with Crippen LogP contribution in [0.25, 0.3) is 10.8 Å². The van der Waals surface area contributed by atoms with Gasteiger partial charge in [-0.15, -0.1) is 0 Å².